The fraction of sp³-hybridized carbons (Fsp3) is 0.407. The molecule has 3 aromatic rings. The number of hydrogen-bond acceptors (Lipinski definition) is 5. The van der Waals surface area contributed by atoms with Crippen LogP contribution in [0.15, 0.2) is 41.1 Å². The van der Waals surface area contributed by atoms with Gasteiger partial charge in [0.1, 0.15) is 17.1 Å². The first-order valence-electron chi connectivity index (χ1n) is 11.6. The van der Waals surface area contributed by atoms with Crippen molar-refractivity contribution in [3.05, 3.63) is 64.7 Å². The molecule has 0 N–H and O–H groups in total. The van der Waals surface area contributed by atoms with Gasteiger partial charge < -0.3 is 14.1 Å². The summed E-state index contributed by atoms with van der Waals surface area (Å²) in [7, 11) is 0. The van der Waals surface area contributed by atoms with Crippen LogP contribution >= 0.6 is 0 Å². The Morgan fingerprint density at radius 3 is 2.48 bits per heavy atom. The van der Waals surface area contributed by atoms with Gasteiger partial charge in [-0.3, -0.25) is 14.7 Å². The van der Waals surface area contributed by atoms with Crippen molar-refractivity contribution in [1.82, 2.24) is 14.8 Å². The maximum atomic E-state index is 13.1. The molecule has 3 heterocycles. The van der Waals surface area contributed by atoms with Crippen LogP contribution in [0, 0.1) is 20.8 Å². The van der Waals surface area contributed by atoms with Crippen molar-refractivity contribution in [3.8, 4) is 5.75 Å². The van der Waals surface area contributed by atoms with Crippen LogP contribution in [-0.2, 0) is 11.3 Å². The van der Waals surface area contributed by atoms with E-state index in [1.807, 2.05) is 57.1 Å². The highest BCUT2D eigenvalue weighted by atomic mass is 16.5. The van der Waals surface area contributed by atoms with E-state index in [4.69, 9.17) is 9.15 Å². The number of furan rings is 1. The molecule has 0 atom stereocenters. The molecule has 4 rings (SSSR count). The maximum absolute atomic E-state index is 13.1. The SMILES string of the molecule is CCOc1c(/C(C)=C/C(=O)N2CCN(Cc3ccncc3)CC2)cc2c(C)c(C)oc2c1C. The minimum Gasteiger partial charge on any atom is -0.493 e. The van der Waals surface area contributed by atoms with Crippen molar-refractivity contribution in [2.75, 3.05) is 32.8 Å². The predicted octanol–water partition coefficient (Wildman–Crippen LogP) is 4.90. The summed E-state index contributed by atoms with van der Waals surface area (Å²) >= 11 is 0. The summed E-state index contributed by atoms with van der Waals surface area (Å²) in [6.07, 6.45) is 5.40. The van der Waals surface area contributed by atoms with Gasteiger partial charge in [-0.05, 0) is 69.5 Å². The lowest BCUT2D eigenvalue weighted by Crippen LogP contribution is -2.47. The number of allylic oxidation sites excluding steroid dienone is 1. The maximum Gasteiger partial charge on any atom is 0.246 e. The van der Waals surface area contributed by atoms with E-state index >= 15 is 0 Å². The largest absolute Gasteiger partial charge is 0.493 e. The molecular formula is C27H33N3O3. The third-order valence-corrected chi connectivity index (χ3v) is 6.54. The average Bonchev–Trinajstić information content (AvgIpc) is 3.10. The van der Waals surface area contributed by atoms with Gasteiger partial charge in [0.15, 0.2) is 0 Å². The molecule has 6 heteroatoms. The number of carbonyl (C=O) groups is 1. The van der Waals surface area contributed by atoms with E-state index in [0.29, 0.717) is 6.61 Å². The first-order valence-corrected chi connectivity index (χ1v) is 11.6. The van der Waals surface area contributed by atoms with Gasteiger partial charge in [0, 0.05) is 67.7 Å². The molecule has 2 aromatic heterocycles. The third-order valence-electron chi connectivity index (χ3n) is 6.54. The number of ether oxygens (including phenoxy) is 1. The standard InChI is InChI=1S/C27H33N3O3/c1-6-32-26-20(4)27-24(19(3)21(5)33-27)16-23(26)18(2)15-25(31)30-13-11-29(12-14-30)17-22-7-9-28-10-8-22/h7-10,15-16H,6,11-14,17H2,1-5H3/b18-15+. The van der Waals surface area contributed by atoms with Crippen LogP contribution in [-0.4, -0.2) is 53.5 Å². The second-order valence-corrected chi connectivity index (χ2v) is 8.76. The normalized spacial score (nSPS) is 15.3. The first kappa shape index (κ1) is 23.1. The molecule has 33 heavy (non-hydrogen) atoms. The summed E-state index contributed by atoms with van der Waals surface area (Å²) in [5, 5.41) is 1.08. The number of rotatable bonds is 6. The van der Waals surface area contributed by atoms with Crippen molar-refractivity contribution in [1.29, 1.82) is 0 Å². The molecular weight excluding hydrogens is 414 g/mol. The predicted molar refractivity (Wildman–Crippen MR) is 131 cm³/mol. The summed E-state index contributed by atoms with van der Waals surface area (Å²) in [4.78, 5) is 21.5. The van der Waals surface area contributed by atoms with Crippen molar-refractivity contribution in [3.63, 3.8) is 0 Å². The van der Waals surface area contributed by atoms with Gasteiger partial charge in [-0.2, -0.15) is 0 Å². The Kier molecular flexibility index (Phi) is 6.84. The van der Waals surface area contributed by atoms with E-state index in [1.165, 1.54) is 5.56 Å². The number of piperazine rings is 1. The zero-order valence-corrected chi connectivity index (χ0v) is 20.3. The number of aryl methyl sites for hydroxylation is 3. The summed E-state index contributed by atoms with van der Waals surface area (Å²) in [6, 6.07) is 6.19. The minimum atomic E-state index is 0.0522. The van der Waals surface area contributed by atoms with Crippen LogP contribution in [0.1, 0.15) is 41.9 Å². The van der Waals surface area contributed by atoms with Crippen LogP contribution < -0.4 is 4.74 Å². The van der Waals surface area contributed by atoms with E-state index in [1.54, 1.807) is 6.08 Å². The number of benzene rings is 1. The Hall–Kier alpha value is -3.12. The average molecular weight is 448 g/mol. The van der Waals surface area contributed by atoms with Crippen LogP contribution in [0.4, 0.5) is 0 Å². The summed E-state index contributed by atoms with van der Waals surface area (Å²) in [6.45, 7) is 14.7. The number of carbonyl (C=O) groups excluding carboxylic acids is 1. The van der Waals surface area contributed by atoms with Gasteiger partial charge in [0.25, 0.3) is 0 Å². The molecule has 1 aliphatic rings. The number of hydrogen-bond donors (Lipinski definition) is 0. The molecule has 0 unspecified atom stereocenters. The van der Waals surface area contributed by atoms with E-state index in [2.05, 4.69) is 22.9 Å². The zero-order valence-electron chi connectivity index (χ0n) is 20.3. The lowest BCUT2D eigenvalue weighted by Gasteiger charge is -2.34. The van der Waals surface area contributed by atoms with Crippen LogP contribution in [0.5, 0.6) is 5.75 Å². The molecule has 0 radical (unpaired) electrons. The van der Waals surface area contributed by atoms with Gasteiger partial charge >= 0.3 is 0 Å². The quantitative estimate of drug-likeness (QED) is 0.503. The molecule has 6 nitrogen and oxygen atoms in total. The lowest BCUT2D eigenvalue weighted by molar-refractivity contribution is -0.127. The number of aromatic nitrogens is 1. The summed E-state index contributed by atoms with van der Waals surface area (Å²) in [5.74, 6) is 1.76. The van der Waals surface area contributed by atoms with Gasteiger partial charge in [-0.1, -0.05) is 0 Å². The van der Waals surface area contributed by atoms with Crippen molar-refractivity contribution < 1.29 is 13.9 Å². The Labute approximate surface area is 195 Å². The molecule has 1 fully saturated rings. The summed E-state index contributed by atoms with van der Waals surface area (Å²) in [5.41, 5.74) is 6.08. The van der Waals surface area contributed by atoms with Gasteiger partial charge in [-0.15, -0.1) is 0 Å². The Morgan fingerprint density at radius 1 is 1.12 bits per heavy atom. The molecule has 1 aliphatic heterocycles. The topological polar surface area (TPSA) is 58.8 Å². The van der Waals surface area contributed by atoms with Gasteiger partial charge in [0.2, 0.25) is 5.91 Å². The lowest BCUT2D eigenvalue weighted by atomic mass is 9.98. The van der Waals surface area contributed by atoms with E-state index in [9.17, 15) is 4.79 Å². The van der Waals surface area contributed by atoms with Crippen molar-refractivity contribution >= 4 is 22.4 Å². The van der Waals surface area contributed by atoms with Crippen LogP contribution in [0.25, 0.3) is 16.5 Å². The second kappa shape index (κ2) is 9.79. The highest BCUT2D eigenvalue weighted by Crippen LogP contribution is 2.39. The monoisotopic (exact) mass is 447 g/mol. The van der Waals surface area contributed by atoms with Crippen molar-refractivity contribution in [2.24, 2.45) is 0 Å². The number of fused-ring (bicyclic) bond motifs is 1. The molecule has 1 saturated heterocycles. The third kappa shape index (κ3) is 4.81. The van der Waals surface area contributed by atoms with Gasteiger partial charge in [0.05, 0.1) is 6.61 Å². The highest BCUT2D eigenvalue weighted by Gasteiger charge is 2.22. The smallest absolute Gasteiger partial charge is 0.246 e. The Balaban J connectivity index is 1.52. The molecule has 1 aromatic carbocycles. The van der Waals surface area contributed by atoms with E-state index in [0.717, 1.165) is 77.5 Å². The molecule has 0 spiro atoms. The molecule has 174 valence electrons. The van der Waals surface area contributed by atoms with Crippen LogP contribution in [0.2, 0.25) is 0 Å². The Bertz CT molecular complexity index is 1170. The zero-order chi connectivity index (χ0) is 23.5. The number of nitrogens with zero attached hydrogens (tertiary/aromatic N) is 3. The van der Waals surface area contributed by atoms with E-state index in [-0.39, 0.29) is 5.91 Å². The first-order chi connectivity index (χ1) is 15.9. The summed E-state index contributed by atoms with van der Waals surface area (Å²) < 4.78 is 12.0. The molecule has 0 saturated carbocycles. The second-order valence-electron chi connectivity index (χ2n) is 8.76. The number of amides is 1. The Morgan fingerprint density at radius 2 is 1.82 bits per heavy atom. The fourth-order valence-electron chi connectivity index (χ4n) is 4.46. The number of pyridine rings is 1. The van der Waals surface area contributed by atoms with Crippen LogP contribution in [0.3, 0.4) is 0 Å². The highest BCUT2D eigenvalue weighted by molar-refractivity contribution is 5.98. The molecule has 1 amide bonds. The molecule has 0 bridgehead atoms. The van der Waals surface area contributed by atoms with E-state index < -0.39 is 0 Å². The molecule has 0 aliphatic carbocycles. The van der Waals surface area contributed by atoms with Crippen molar-refractivity contribution in [2.45, 2.75) is 41.2 Å². The fourth-order valence-corrected chi connectivity index (χ4v) is 4.46. The van der Waals surface area contributed by atoms with Gasteiger partial charge in [-0.25, -0.2) is 0 Å². The minimum absolute atomic E-state index is 0.0522.